The zero-order chi connectivity index (χ0) is 12.5. The SMILES string of the molecule is N#Cc1ccc(N2CCC(O)(C(N)=O)C2)cn1. The summed E-state index contributed by atoms with van der Waals surface area (Å²) < 4.78 is 0. The molecule has 0 bridgehead atoms. The molecule has 1 atom stereocenters. The van der Waals surface area contributed by atoms with Crippen LogP contribution in [-0.4, -0.2) is 34.7 Å². The zero-order valence-electron chi connectivity index (χ0n) is 9.13. The first-order chi connectivity index (χ1) is 8.05. The molecule has 6 heteroatoms. The van der Waals surface area contributed by atoms with Gasteiger partial charge in [0, 0.05) is 13.0 Å². The van der Waals surface area contributed by atoms with Gasteiger partial charge in [0.15, 0.2) is 5.60 Å². The Morgan fingerprint density at radius 3 is 2.88 bits per heavy atom. The molecule has 88 valence electrons. The van der Waals surface area contributed by atoms with Gasteiger partial charge in [-0.05, 0) is 12.1 Å². The molecule has 0 spiro atoms. The number of carbonyl (C=O) groups is 1. The Kier molecular flexibility index (Phi) is 2.69. The molecule has 0 aliphatic carbocycles. The number of aliphatic hydroxyl groups is 1. The summed E-state index contributed by atoms with van der Waals surface area (Å²) in [4.78, 5) is 16.8. The lowest BCUT2D eigenvalue weighted by Gasteiger charge is -2.21. The Hall–Kier alpha value is -2.13. The first kappa shape index (κ1) is 11.4. The van der Waals surface area contributed by atoms with Crippen molar-refractivity contribution in [3.8, 4) is 6.07 Å². The summed E-state index contributed by atoms with van der Waals surface area (Å²) in [5, 5.41) is 18.5. The molecule has 1 aromatic rings. The third-order valence-corrected chi connectivity index (χ3v) is 2.93. The van der Waals surface area contributed by atoms with Gasteiger partial charge in [0.05, 0.1) is 18.4 Å². The molecule has 1 amide bonds. The molecule has 0 saturated carbocycles. The maximum absolute atomic E-state index is 11.1. The van der Waals surface area contributed by atoms with Crippen LogP contribution in [0.5, 0.6) is 0 Å². The molecule has 1 aliphatic heterocycles. The average Bonchev–Trinajstić information content (AvgIpc) is 2.74. The van der Waals surface area contributed by atoms with E-state index < -0.39 is 11.5 Å². The monoisotopic (exact) mass is 232 g/mol. The standard InChI is InChI=1S/C11H12N4O2/c12-5-8-1-2-9(6-14-8)15-4-3-11(17,7-15)10(13)16/h1-2,6,17H,3-4,7H2,(H2,13,16). The van der Waals surface area contributed by atoms with Crippen LogP contribution >= 0.6 is 0 Å². The van der Waals surface area contributed by atoms with E-state index >= 15 is 0 Å². The number of hydrogen-bond donors (Lipinski definition) is 2. The van der Waals surface area contributed by atoms with Gasteiger partial charge in [-0.15, -0.1) is 0 Å². The first-order valence-electron chi connectivity index (χ1n) is 5.18. The van der Waals surface area contributed by atoms with Crippen LogP contribution in [0.15, 0.2) is 18.3 Å². The molecule has 1 aromatic heterocycles. The summed E-state index contributed by atoms with van der Waals surface area (Å²) >= 11 is 0. The van der Waals surface area contributed by atoms with Crippen LogP contribution in [0.25, 0.3) is 0 Å². The third kappa shape index (κ3) is 2.05. The quantitative estimate of drug-likeness (QED) is 0.707. The van der Waals surface area contributed by atoms with Crippen molar-refractivity contribution in [1.82, 2.24) is 4.98 Å². The minimum atomic E-state index is -1.46. The van der Waals surface area contributed by atoms with E-state index in [0.29, 0.717) is 18.7 Å². The van der Waals surface area contributed by atoms with Crippen LogP contribution in [0.3, 0.4) is 0 Å². The van der Waals surface area contributed by atoms with Crippen LogP contribution in [0.1, 0.15) is 12.1 Å². The summed E-state index contributed by atoms with van der Waals surface area (Å²) in [6, 6.07) is 5.25. The van der Waals surface area contributed by atoms with Gasteiger partial charge < -0.3 is 15.7 Å². The molecule has 6 nitrogen and oxygen atoms in total. The van der Waals surface area contributed by atoms with E-state index in [9.17, 15) is 9.90 Å². The number of primary amides is 1. The number of carbonyl (C=O) groups excluding carboxylic acids is 1. The Balaban J connectivity index is 2.15. The average molecular weight is 232 g/mol. The van der Waals surface area contributed by atoms with Gasteiger partial charge in [0.2, 0.25) is 0 Å². The molecule has 2 rings (SSSR count). The van der Waals surface area contributed by atoms with Gasteiger partial charge in [-0.2, -0.15) is 5.26 Å². The number of rotatable bonds is 2. The minimum Gasteiger partial charge on any atom is -0.378 e. The van der Waals surface area contributed by atoms with Crippen molar-refractivity contribution < 1.29 is 9.90 Å². The molecular weight excluding hydrogens is 220 g/mol. The summed E-state index contributed by atoms with van der Waals surface area (Å²) in [6.45, 7) is 0.697. The molecule has 1 saturated heterocycles. The number of amides is 1. The highest BCUT2D eigenvalue weighted by molar-refractivity contribution is 5.84. The van der Waals surface area contributed by atoms with Gasteiger partial charge in [0.25, 0.3) is 5.91 Å². The van der Waals surface area contributed by atoms with Crippen molar-refractivity contribution in [3.05, 3.63) is 24.0 Å². The number of β-amino-alcohol motifs (C(OH)–C–C–N with tert-alkyl or cyclic N) is 1. The fourth-order valence-electron chi connectivity index (χ4n) is 1.85. The highest BCUT2D eigenvalue weighted by Gasteiger charge is 2.41. The van der Waals surface area contributed by atoms with Crippen LogP contribution in [0.2, 0.25) is 0 Å². The number of anilines is 1. The number of nitrogens with two attached hydrogens (primary N) is 1. The molecule has 17 heavy (non-hydrogen) atoms. The second kappa shape index (κ2) is 4.03. The van der Waals surface area contributed by atoms with Crippen LogP contribution < -0.4 is 10.6 Å². The molecule has 1 fully saturated rings. The first-order valence-corrected chi connectivity index (χ1v) is 5.18. The maximum Gasteiger partial charge on any atom is 0.251 e. The van der Waals surface area contributed by atoms with Gasteiger partial charge in [-0.1, -0.05) is 0 Å². The van der Waals surface area contributed by atoms with Gasteiger partial charge >= 0.3 is 0 Å². The lowest BCUT2D eigenvalue weighted by molar-refractivity contribution is -0.134. The van der Waals surface area contributed by atoms with Gasteiger partial charge in [-0.25, -0.2) is 4.98 Å². The minimum absolute atomic E-state index is 0.163. The molecule has 0 aromatic carbocycles. The van der Waals surface area contributed by atoms with E-state index in [1.165, 1.54) is 0 Å². The fourth-order valence-corrected chi connectivity index (χ4v) is 1.85. The van der Waals surface area contributed by atoms with Crippen molar-refractivity contribution in [2.75, 3.05) is 18.0 Å². The van der Waals surface area contributed by atoms with Crippen molar-refractivity contribution >= 4 is 11.6 Å². The van der Waals surface area contributed by atoms with Gasteiger partial charge in [-0.3, -0.25) is 4.79 Å². The highest BCUT2D eigenvalue weighted by atomic mass is 16.3. The normalized spacial score (nSPS) is 23.4. The molecule has 3 N–H and O–H groups in total. The van der Waals surface area contributed by atoms with Crippen molar-refractivity contribution in [2.45, 2.75) is 12.0 Å². The third-order valence-electron chi connectivity index (χ3n) is 2.93. The Bertz CT molecular complexity index is 479. The molecule has 1 unspecified atom stereocenters. The second-order valence-electron chi connectivity index (χ2n) is 4.08. The number of nitriles is 1. The lowest BCUT2D eigenvalue weighted by atomic mass is 10.0. The molecule has 0 radical (unpaired) electrons. The van der Waals surface area contributed by atoms with E-state index in [-0.39, 0.29) is 6.54 Å². The van der Waals surface area contributed by atoms with E-state index in [0.717, 1.165) is 5.69 Å². The predicted molar refractivity (Wildman–Crippen MR) is 59.9 cm³/mol. The lowest BCUT2D eigenvalue weighted by Crippen LogP contribution is -2.46. The number of aromatic nitrogens is 1. The second-order valence-corrected chi connectivity index (χ2v) is 4.08. The van der Waals surface area contributed by atoms with Crippen molar-refractivity contribution in [3.63, 3.8) is 0 Å². The predicted octanol–water partition coefficient (Wildman–Crippen LogP) is -0.620. The molecule has 2 heterocycles. The van der Waals surface area contributed by atoms with Crippen molar-refractivity contribution in [2.24, 2.45) is 5.73 Å². The Morgan fingerprint density at radius 1 is 1.65 bits per heavy atom. The van der Waals surface area contributed by atoms with Crippen molar-refractivity contribution in [1.29, 1.82) is 5.26 Å². The Labute approximate surface area is 98.3 Å². The van der Waals surface area contributed by atoms with E-state index in [1.54, 1.807) is 18.3 Å². The fraction of sp³-hybridized carbons (Fsp3) is 0.364. The summed E-state index contributed by atoms with van der Waals surface area (Å²) in [5.74, 6) is -0.707. The Morgan fingerprint density at radius 2 is 2.41 bits per heavy atom. The van der Waals surface area contributed by atoms with Crippen LogP contribution in [0, 0.1) is 11.3 Å². The van der Waals surface area contributed by atoms with E-state index in [2.05, 4.69) is 4.98 Å². The van der Waals surface area contributed by atoms with Gasteiger partial charge in [0.1, 0.15) is 11.8 Å². The van der Waals surface area contributed by atoms with E-state index in [4.69, 9.17) is 11.0 Å². The molecule has 1 aliphatic rings. The number of hydrogen-bond acceptors (Lipinski definition) is 5. The topological polar surface area (TPSA) is 103 Å². The number of nitrogens with zero attached hydrogens (tertiary/aromatic N) is 3. The summed E-state index contributed by atoms with van der Waals surface area (Å²) in [6.07, 6.45) is 1.85. The van der Waals surface area contributed by atoms with Crippen LogP contribution in [0.4, 0.5) is 5.69 Å². The molecular formula is C11H12N4O2. The summed E-state index contributed by atoms with van der Waals surface area (Å²) in [5.41, 5.74) is 4.78. The zero-order valence-corrected chi connectivity index (χ0v) is 9.13. The number of pyridine rings is 1. The smallest absolute Gasteiger partial charge is 0.251 e. The highest BCUT2D eigenvalue weighted by Crippen LogP contribution is 2.26. The summed E-state index contributed by atoms with van der Waals surface area (Å²) in [7, 11) is 0. The maximum atomic E-state index is 11.1. The van der Waals surface area contributed by atoms with E-state index in [1.807, 2.05) is 11.0 Å². The largest absolute Gasteiger partial charge is 0.378 e. The van der Waals surface area contributed by atoms with Crippen LogP contribution in [-0.2, 0) is 4.79 Å².